The molecular weight excluding hydrogens is 364 g/mol. The molecule has 1 fully saturated rings. The van der Waals surface area contributed by atoms with Gasteiger partial charge in [-0.25, -0.2) is 0 Å². The van der Waals surface area contributed by atoms with Crippen LogP contribution in [0.4, 0.5) is 0 Å². The number of rotatable bonds is 5. The second kappa shape index (κ2) is 6.82. The number of methoxy groups -OCH3 is 1. The summed E-state index contributed by atoms with van der Waals surface area (Å²) in [5, 5.41) is 0. The van der Waals surface area contributed by atoms with Crippen LogP contribution in [0.3, 0.4) is 0 Å². The maximum absolute atomic E-state index is 12.4. The molecule has 0 radical (unpaired) electrons. The Morgan fingerprint density at radius 3 is 2.57 bits per heavy atom. The Hall–Kier alpha value is -3.09. The van der Waals surface area contributed by atoms with E-state index in [1.165, 1.54) is 0 Å². The Balaban J connectivity index is 1.35. The molecule has 0 unspecified atom stereocenters. The normalized spacial score (nSPS) is 21.7. The third-order valence-electron chi connectivity index (χ3n) is 5.42. The molecule has 2 atom stereocenters. The zero-order valence-corrected chi connectivity index (χ0v) is 15.4. The molecule has 0 amide bonds. The van der Waals surface area contributed by atoms with E-state index in [1.54, 1.807) is 7.11 Å². The smallest absolute Gasteiger partial charge is 0.309 e. The number of hydrogen-bond acceptors (Lipinski definition) is 7. The molecule has 1 saturated heterocycles. The molecule has 3 aliphatic rings. The minimum absolute atomic E-state index is 0.0722. The quantitative estimate of drug-likeness (QED) is 0.734. The first-order valence-electron chi connectivity index (χ1n) is 9.23. The summed E-state index contributed by atoms with van der Waals surface area (Å²) < 4.78 is 32.6. The fourth-order valence-electron chi connectivity index (χ4n) is 3.98. The lowest BCUT2D eigenvalue weighted by molar-refractivity contribution is -0.141. The lowest BCUT2D eigenvalue weighted by atomic mass is 9.85. The summed E-state index contributed by atoms with van der Waals surface area (Å²) in [7, 11) is 1.60. The highest BCUT2D eigenvalue weighted by Crippen LogP contribution is 2.43. The maximum Gasteiger partial charge on any atom is 0.309 e. The number of carbonyl (C=O) groups is 1. The summed E-state index contributed by atoms with van der Waals surface area (Å²) >= 11 is 0. The maximum atomic E-state index is 12.4. The minimum Gasteiger partial charge on any atom is -0.493 e. The zero-order valence-electron chi connectivity index (χ0n) is 15.4. The van der Waals surface area contributed by atoms with Gasteiger partial charge < -0.3 is 28.4 Å². The number of hydrogen-bond donors (Lipinski definition) is 0. The molecule has 0 aromatic heterocycles. The number of ether oxygens (including phenoxy) is 6. The highest BCUT2D eigenvalue weighted by atomic mass is 16.7. The number of cyclic esters (lactones) is 1. The van der Waals surface area contributed by atoms with E-state index in [4.69, 9.17) is 28.4 Å². The van der Waals surface area contributed by atoms with Crippen LogP contribution < -0.4 is 23.7 Å². The van der Waals surface area contributed by atoms with Gasteiger partial charge in [0.1, 0.15) is 0 Å². The van der Waals surface area contributed by atoms with E-state index in [-0.39, 0.29) is 31.4 Å². The molecule has 0 N–H and O–H groups in total. The van der Waals surface area contributed by atoms with Crippen LogP contribution in [0.5, 0.6) is 28.7 Å². The van der Waals surface area contributed by atoms with Crippen molar-refractivity contribution < 1.29 is 33.2 Å². The van der Waals surface area contributed by atoms with E-state index >= 15 is 0 Å². The van der Waals surface area contributed by atoms with Crippen LogP contribution in [0.15, 0.2) is 30.3 Å². The fraction of sp³-hybridized carbons (Fsp3) is 0.381. The first-order chi connectivity index (χ1) is 13.7. The third-order valence-corrected chi connectivity index (χ3v) is 5.42. The zero-order chi connectivity index (χ0) is 19.1. The lowest BCUT2D eigenvalue weighted by Gasteiger charge is -2.16. The number of esters is 1. The van der Waals surface area contributed by atoms with Crippen LogP contribution in [-0.2, 0) is 22.4 Å². The number of fused-ring (bicyclic) bond motifs is 2. The predicted octanol–water partition coefficient (Wildman–Crippen LogP) is 2.73. The topological polar surface area (TPSA) is 72.5 Å². The van der Waals surface area contributed by atoms with Crippen molar-refractivity contribution >= 4 is 5.97 Å². The van der Waals surface area contributed by atoms with Crippen LogP contribution in [0.25, 0.3) is 0 Å². The minimum atomic E-state index is -0.211. The van der Waals surface area contributed by atoms with Crippen molar-refractivity contribution in [3.63, 3.8) is 0 Å². The van der Waals surface area contributed by atoms with Gasteiger partial charge in [0.15, 0.2) is 23.0 Å². The van der Waals surface area contributed by atoms with Gasteiger partial charge in [0.25, 0.3) is 0 Å². The third kappa shape index (κ3) is 2.96. The largest absolute Gasteiger partial charge is 0.493 e. The molecule has 2 aromatic carbocycles. The van der Waals surface area contributed by atoms with Crippen LogP contribution in [0, 0.1) is 11.8 Å². The molecule has 146 valence electrons. The van der Waals surface area contributed by atoms with Crippen molar-refractivity contribution in [3.8, 4) is 28.7 Å². The number of benzene rings is 2. The van der Waals surface area contributed by atoms with E-state index < -0.39 is 0 Å². The van der Waals surface area contributed by atoms with Crippen molar-refractivity contribution in [3.05, 3.63) is 41.5 Å². The molecular formula is C21H20O7. The van der Waals surface area contributed by atoms with Crippen molar-refractivity contribution in [2.75, 3.05) is 27.3 Å². The van der Waals surface area contributed by atoms with E-state index in [0.717, 1.165) is 22.6 Å². The van der Waals surface area contributed by atoms with Gasteiger partial charge in [-0.1, -0.05) is 6.07 Å². The average molecular weight is 384 g/mol. The molecule has 0 saturated carbocycles. The predicted molar refractivity (Wildman–Crippen MR) is 97.0 cm³/mol. The number of carbonyl (C=O) groups excluding carboxylic acids is 1. The Morgan fingerprint density at radius 1 is 0.893 bits per heavy atom. The fourth-order valence-corrected chi connectivity index (χ4v) is 3.98. The van der Waals surface area contributed by atoms with Crippen molar-refractivity contribution in [2.24, 2.45) is 11.8 Å². The molecule has 5 rings (SSSR count). The van der Waals surface area contributed by atoms with Crippen LogP contribution in [0.2, 0.25) is 0 Å². The lowest BCUT2D eigenvalue weighted by Crippen LogP contribution is -2.20. The summed E-state index contributed by atoms with van der Waals surface area (Å²) in [5.41, 5.74) is 2.06. The first kappa shape index (κ1) is 17.0. The van der Waals surface area contributed by atoms with E-state index in [2.05, 4.69) is 0 Å². The van der Waals surface area contributed by atoms with Gasteiger partial charge >= 0.3 is 5.97 Å². The Labute approximate surface area is 162 Å². The second-order valence-corrected chi connectivity index (χ2v) is 7.12. The van der Waals surface area contributed by atoms with Gasteiger partial charge in [-0.05, 0) is 48.2 Å². The summed E-state index contributed by atoms with van der Waals surface area (Å²) in [6.07, 6.45) is 1.29. The molecule has 3 heterocycles. The molecule has 7 heteroatoms. The van der Waals surface area contributed by atoms with E-state index in [0.29, 0.717) is 36.7 Å². The van der Waals surface area contributed by atoms with Gasteiger partial charge in [-0.15, -0.1) is 0 Å². The SMILES string of the molecule is COc1cc(C[C@H]2COC(=O)[C@@H]2Cc2ccc3c(c2)OCO3)cc2c1OCO2. The van der Waals surface area contributed by atoms with Crippen molar-refractivity contribution in [1.29, 1.82) is 0 Å². The van der Waals surface area contributed by atoms with E-state index in [9.17, 15) is 4.79 Å². The first-order valence-corrected chi connectivity index (χ1v) is 9.23. The Morgan fingerprint density at radius 2 is 1.68 bits per heavy atom. The van der Waals surface area contributed by atoms with Gasteiger partial charge in [-0.2, -0.15) is 0 Å². The molecule has 7 nitrogen and oxygen atoms in total. The molecule has 0 aliphatic carbocycles. The summed E-state index contributed by atoms with van der Waals surface area (Å²) in [6, 6.07) is 9.68. The van der Waals surface area contributed by atoms with Crippen LogP contribution in [-0.4, -0.2) is 33.3 Å². The highest BCUT2D eigenvalue weighted by molar-refractivity contribution is 5.75. The van der Waals surface area contributed by atoms with Crippen LogP contribution in [0.1, 0.15) is 11.1 Å². The summed E-state index contributed by atoms with van der Waals surface area (Å²) in [5.74, 6) is 3.11. The van der Waals surface area contributed by atoms with Crippen molar-refractivity contribution in [2.45, 2.75) is 12.8 Å². The highest BCUT2D eigenvalue weighted by Gasteiger charge is 2.37. The average Bonchev–Trinajstić information content (AvgIpc) is 3.43. The Kier molecular flexibility index (Phi) is 4.15. The summed E-state index contributed by atoms with van der Waals surface area (Å²) in [4.78, 5) is 12.4. The second-order valence-electron chi connectivity index (χ2n) is 7.12. The van der Waals surface area contributed by atoms with Gasteiger partial charge in [0, 0.05) is 5.92 Å². The van der Waals surface area contributed by atoms with Gasteiger partial charge in [-0.3, -0.25) is 4.79 Å². The molecule has 28 heavy (non-hydrogen) atoms. The van der Waals surface area contributed by atoms with Gasteiger partial charge in [0.2, 0.25) is 19.3 Å². The Bertz CT molecular complexity index is 923. The standard InChI is InChI=1S/C21H20O7/c1-23-18-7-13(8-19-20(18)28-11-27-19)4-14-9-24-21(22)15(14)5-12-2-3-16-17(6-12)26-10-25-16/h2-3,6-8,14-15H,4-5,9-11H2,1H3/t14-,15+/m0/s1. The van der Waals surface area contributed by atoms with Gasteiger partial charge in [0.05, 0.1) is 19.6 Å². The van der Waals surface area contributed by atoms with E-state index in [1.807, 2.05) is 30.3 Å². The van der Waals surface area contributed by atoms with Crippen molar-refractivity contribution in [1.82, 2.24) is 0 Å². The molecule has 3 aliphatic heterocycles. The van der Waals surface area contributed by atoms with Crippen LogP contribution >= 0.6 is 0 Å². The molecule has 0 bridgehead atoms. The molecule has 2 aromatic rings. The molecule has 0 spiro atoms. The summed E-state index contributed by atoms with van der Waals surface area (Å²) in [6.45, 7) is 0.830. The monoisotopic (exact) mass is 384 g/mol.